The lowest BCUT2D eigenvalue weighted by atomic mass is 9.96. The molecule has 1 atom stereocenters. The molecule has 0 saturated carbocycles. The summed E-state index contributed by atoms with van der Waals surface area (Å²) in [5, 5.41) is 11.5. The first-order valence-corrected chi connectivity index (χ1v) is 10.9. The Morgan fingerprint density at radius 2 is 1.71 bits per heavy atom. The molecule has 34 heavy (non-hydrogen) atoms. The van der Waals surface area contributed by atoms with Gasteiger partial charge >= 0.3 is 5.97 Å². The van der Waals surface area contributed by atoms with Crippen molar-refractivity contribution in [1.82, 2.24) is 4.98 Å². The number of rotatable bonds is 5. The van der Waals surface area contributed by atoms with E-state index < -0.39 is 23.7 Å². The molecular formula is C26H21ClN2O5. The predicted octanol–water partition coefficient (Wildman–Crippen LogP) is 4.93. The maximum Gasteiger partial charge on any atom is 0.338 e. The fourth-order valence-electron chi connectivity index (χ4n) is 3.79. The number of ketones is 1. The summed E-state index contributed by atoms with van der Waals surface area (Å²) in [6.07, 6.45) is 2.81. The van der Waals surface area contributed by atoms with E-state index in [0.717, 1.165) is 0 Å². The highest BCUT2D eigenvalue weighted by molar-refractivity contribution is 6.51. The second-order valence-electron chi connectivity index (χ2n) is 7.96. The number of carbonyl (C=O) groups is 3. The number of pyridine rings is 1. The molecule has 1 N–H and O–H groups in total. The van der Waals surface area contributed by atoms with Gasteiger partial charge in [0.25, 0.3) is 11.7 Å². The molecule has 4 rings (SSSR count). The van der Waals surface area contributed by atoms with Gasteiger partial charge in [-0.3, -0.25) is 19.5 Å². The Kier molecular flexibility index (Phi) is 6.47. The molecule has 1 amide bonds. The monoisotopic (exact) mass is 476 g/mol. The van der Waals surface area contributed by atoms with Crippen LogP contribution in [0.4, 0.5) is 5.69 Å². The second-order valence-corrected chi connectivity index (χ2v) is 8.40. The number of aromatic nitrogens is 1. The lowest BCUT2D eigenvalue weighted by Crippen LogP contribution is -2.29. The number of halogens is 1. The zero-order valence-corrected chi connectivity index (χ0v) is 19.2. The van der Waals surface area contributed by atoms with Crippen LogP contribution in [0.15, 0.2) is 78.6 Å². The van der Waals surface area contributed by atoms with E-state index in [-0.39, 0.29) is 17.4 Å². The van der Waals surface area contributed by atoms with Gasteiger partial charge in [-0.1, -0.05) is 23.7 Å². The number of hydrogen-bond donors (Lipinski definition) is 1. The Labute approximate surface area is 201 Å². The van der Waals surface area contributed by atoms with Crippen molar-refractivity contribution in [1.29, 1.82) is 0 Å². The quantitative estimate of drug-likeness (QED) is 0.243. The molecule has 7 nitrogen and oxygen atoms in total. The van der Waals surface area contributed by atoms with Crippen molar-refractivity contribution >= 4 is 40.7 Å². The molecule has 0 aliphatic carbocycles. The molecule has 1 aromatic heterocycles. The number of aliphatic hydroxyl groups is 1. The fourth-order valence-corrected chi connectivity index (χ4v) is 3.98. The van der Waals surface area contributed by atoms with Crippen LogP contribution >= 0.6 is 11.6 Å². The van der Waals surface area contributed by atoms with Crippen LogP contribution in [0.5, 0.6) is 0 Å². The number of ether oxygens (including phenoxy) is 1. The van der Waals surface area contributed by atoms with Gasteiger partial charge in [-0.2, -0.15) is 0 Å². The number of amides is 1. The third-order valence-corrected chi connectivity index (χ3v) is 5.52. The molecule has 0 spiro atoms. The lowest BCUT2D eigenvalue weighted by Gasteiger charge is -2.25. The number of benzene rings is 2. The molecule has 1 saturated heterocycles. The number of hydrogen-bond acceptors (Lipinski definition) is 6. The highest BCUT2D eigenvalue weighted by Gasteiger charge is 2.47. The average Bonchev–Trinajstić information content (AvgIpc) is 3.09. The minimum Gasteiger partial charge on any atom is -0.507 e. The number of nitrogens with zero attached hydrogens (tertiary/aromatic N) is 2. The van der Waals surface area contributed by atoms with E-state index in [9.17, 15) is 19.5 Å². The third-order valence-electron chi connectivity index (χ3n) is 5.29. The highest BCUT2D eigenvalue weighted by Crippen LogP contribution is 2.42. The van der Waals surface area contributed by atoms with Crippen LogP contribution in [0.2, 0.25) is 5.02 Å². The van der Waals surface area contributed by atoms with Gasteiger partial charge in [-0.05, 0) is 67.9 Å². The maximum absolute atomic E-state index is 13.2. The fraction of sp³-hybridized carbons (Fsp3) is 0.154. The van der Waals surface area contributed by atoms with E-state index in [2.05, 4.69) is 4.98 Å². The van der Waals surface area contributed by atoms with Crippen molar-refractivity contribution in [3.63, 3.8) is 0 Å². The first-order chi connectivity index (χ1) is 16.3. The summed E-state index contributed by atoms with van der Waals surface area (Å²) in [6.45, 7) is 3.50. The van der Waals surface area contributed by atoms with Gasteiger partial charge in [0.2, 0.25) is 0 Å². The van der Waals surface area contributed by atoms with Gasteiger partial charge in [0.15, 0.2) is 0 Å². The summed E-state index contributed by atoms with van der Waals surface area (Å²) in [6, 6.07) is 15.0. The molecule has 3 aromatic rings. The summed E-state index contributed by atoms with van der Waals surface area (Å²) in [5.41, 5.74) is 1.53. The number of Topliss-reactive ketones (excluding diaryl/α,β-unsaturated/α-hetero) is 1. The summed E-state index contributed by atoms with van der Waals surface area (Å²) >= 11 is 6.07. The minimum absolute atomic E-state index is 0.0678. The topological polar surface area (TPSA) is 96.8 Å². The van der Waals surface area contributed by atoms with Gasteiger partial charge in [-0.15, -0.1) is 0 Å². The standard InChI is InChI=1S/C26H21ClN2O5/c1-15(2)34-26(33)17-6-8-20(9-7-17)29-22(16-10-12-28-13-11-16)21(24(31)25(29)32)23(30)18-4-3-5-19(27)14-18/h3-15,22,30H,1-2H3/b23-21+. The largest absolute Gasteiger partial charge is 0.507 e. The Balaban J connectivity index is 1.83. The first-order valence-electron chi connectivity index (χ1n) is 10.6. The van der Waals surface area contributed by atoms with Gasteiger partial charge < -0.3 is 9.84 Å². The van der Waals surface area contributed by atoms with Crippen LogP contribution in [-0.2, 0) is 14.3 Å². The Bertz CT molecular complexity index is 1290. The van der Waals surface area contributed by atoms with Crippen LogP contribution in [0.25, 0.3) is 5.76 Å². The number of aliphatic hydroxyl groups excluding tert-OH is 1. The SMILES string of the molecule is CC(C)OC(=O)c1ccc(N2C(=O)C(=O)/C(=C(/O)c3cccc(Cl)c3)C2c2ccncc2)cc1. The summed E-state index contributed by atoms with van der Waals surface area (Å²) in [7, 11) is 0. The van der Waals surface area contributed by atoms with E-state index in [1.165, 1.54) is 23.1 Å². The van der Waals surface area contributed by atoms with Crippen molar-refractivity contribution < 1.29 is 24.2 Å². The minimum atomic E-state index is -0.907. The molecule has 2 heterocycles. The van der Waals surface area contributed by atoms with E-state index in [0.29, 0.717) is 27.4 Å². The van der Waals surface area contributed by atoms with Crippen LogP contribution in [0, 0.1) is 0 Å². The molecule has 0 bridgehead atoms. The molecule has 1 fully saturated rings. The molecule has 172 valence electrons. The van der Waals surface area contributed by atoms with E-state index in [1.54, 1.807) is 68.7 Å². The van der Waals surface area contributed by atoms with Gasteiger partial charge in [0, 0.05) is 28.7 Å². The molecule has 8 heteroatoms. The highest BCUT2D eigenvalue weighted by atomic mass is 35.5. The van der Waals surface area contributed by atoms with Crippen molar-refractivity contribution in [2.24, 2.45) is 0 Å². The van der Waals surface area contributed by atoms with Crippen molar-refractivity contribution in [3.05, 3.63) is 100 Å². The predicted molar refractivity (Wildman–Crippen MR) is 127 cm³/mol. The number of carbonyl (C=O) groups excluding carboxylic acids is 3. The van der Waals surface area contributed by atoms with E-state index in [4.69, 9.17) is 16.3 Å². The van der Waals surface area contributed by atoms with Crippen LogP contribution < -0.4 is 4.90 Å². The average molecular weight is 477 g/mol. The van der Waals surface area contributed by atoms with Gasteiger partial charge in [0.05, 0.1) is 23.3 Å². The molecular weight excluding hydrogens is 456 g/mol. The van der Waals surface area contributed by atoms with Crippen LogP contribution in [-0.4, -0.2) is 33.9 Å². The lowest BCUT2D eigenvalue weighted by molar-refractivity contribution is -0.132. The normalized spacial score (nSPS) is 17.3. The van der Waals surface area contributed by atoms with Crippen molar-refractivity contribution in [2.45, 2.75) is 26.0 Å². The van der Waals surface area contributed by atoms with Crippen molar-refractivity contribution in [2.75, 3.05) is 4.90 Å². The van der Waals surface area contributed by atoms with E-state index in [1.807, 2.05) is 0 Å². The smallest absolute Gasteiger partial charge is 0.338 e. The molecule has 1 aliphatic heterocycles. The first kappa shape index (κ1) is 23.2. The maximum atomic E-state index is 13.2. The Hall–Kier alpha value is -3.97. The summed E-state index contributed by atoms with van der Waals surface area (Å²) in [4.78, 5) is 43.8. The number of anilines is 1. The zero-order valence-electron chi connectivity index (χ0n) is 18.4. The molecule has 0 radical (unpaired) electrons. The van der Waals surface area contributed by atoms with Gasteiger partial charge in [-0.25, -0.2) is 4.79 Å². The molecule has 1 aliphatic rings. The second kappa shape index (κ2) is 9.49. The number of esters is 1. The Morgan fingerprint density at radius 3 is 2.32 bits per heavy atom. The molecule has 2 aromatic carbocycles. The Morgan fingerprint density at radius 1 is 1.03 bits per heavy atom. The van der Waals surface area contributed by atoms with Crippen LogP contribution in [0.1, 0.15) is 41.4 Å². The molecule has 1 unspecified atom stereocenters. The van der Waals surface area contributed by atoms with Crippen LogP contribution in [0.3, 0.4) is 0 Å². The summed E-state index contributed by atoms with van der Waals surface area (Å²) < 4.78 is 5.21. The van der Waals surface area contributed by atoms with Crippen molar-refractivity contribution in [3.8, 4) is 0 Å². The van der Waals surface area contributed by atoms with Gasteiger partial charge in [0.1, 0.15) is 5.76 Å². The third kappa shape index (κ3) is 4.43. The summed E-state index contributed by atoms with van der Waals surface area (Å²) in [5.74, 6) is -2.46. The zero-order chi connectivity index (χ0) is 24.4. The van der Waals surface area contributed by atoms with E-state index >= 15 is 0 Å².